The molecule has 2 saturated heterocycles. The zero-order valence-electron chi connectivity index (χ0n) is 32.9. The molecule has 0 spiro atoms. The van der Waals surface area contributed by atoms with Gasteiger partial charge in [-0.25, -0.2) is 9.97 Å². The average molecular weight is 808 g/mol. The largest absolute Gasteiger partial charge is 0.341 e. The number of nitrogens with zero attached hydrogens (tertiary/aromatic N) is 4. The molecule has 0 aliphatic carbocycles. The van der Waals surface area contributed by atoms with Crippen LogP contribution in [0, 0.1) is 0 Å². The molecule has 2 fully saturated rings. The second-order valence-electron chi connectivity index (χ2n) is 15.2. The molecule has 1 N–H and O–H groups in total. The lowest BCUT2D eigenvalue weighted by molar-refractivity contribution is -0.137. The quantitative estimate of drug-likeness (QED) is 0.111. The number of hydrogen-bond donors (Lipinski definition) is 1. The number of carbonyl (C=O) groups excluding carboxylic acids is 3. The molecule has 0 saturated carbocycles. The molecule has 58 heavy (non-hydrogen) atoms. The third kappa shape index (κ3) is 8.98. The van der Waals surface area contributed by atoms with E-state index in [9.17, 15) is 14.4 Å². The second-order valence-corrected chi connectivity index (χ2v) is 17.4. The summed E-state index contributed by atoms with van der Waals surface area (Å²) in [6.45, 7) is 3.53. The highest BCUT2D eigenvalue weighted by Gasteiger charge is 2.37. The SMILES string of the molecule is CCCCCC(=O)N[C@H](C(=O)N1CCC[C@H]1c1ncc(-c2ccc(-c3ccc(-c4cnc([C@@H]5CCCN5C(=O)Cc5ccccc5)s4)cc3)cc2)s1)c1ccccc1. The predicted molar refractivity (Wildman–Crippen MR) is 233 cm³/mol. The van der Waals surface area contributed by atoms with Crippen LogP contribution in [0.4, 0.5) is 0 Å². The van der Waals surface area contributed by atoms with Gasteiger partial charge in [-0.2, -0.15) is 0 Å². The Morgan fingerprint density at radius 3 is 1.76 bits per heavy atom. The number of thiazole rings is 2. The van der Waals surface area contributed by atoms with Crippen molar-refractivity contribution in [2.24, 2.45) is 0 Å². The highest BCUT2D eigenvalue weighted by atomic mass is 32.1. The van der Waals surface area contributed by atoms with E-state index in [-0.39, 0.29) is 29.8 Å². The minimum Gasteiger partial charge on any atom is -0.341 e. The number of nitrogens with one attached hydrogen (secondary N) is 1. The van der Waals surface area contributed by atoms with E-state index in [4.69, 9.17) is 9.97 Å². The molecule has 296 valence electrons. The first-order valence-corrected chi connectivity index (χ1v) is 22.2. The normalized spacial score (nSPS) is 17.1. The fraction of sp³-hybridized carbons (Fsp3) is 0.312. The Hall–Kier alpha value is -5.45. The van der Waals surface area contributed by atoms with Gasteiger partial charge < -0.3 is 15.1 Å². The number of likely N-dealkylation sites (tertiary alicyclic amines) is 2. The predicted octanol–water partition coefficient (Wildman–Crippen LogP) is 10.6. The van der Waals surface area contributed by atoms with E-state index in [2.05, 4.69) is 60.8 Å². The summed E-state index contributed by atoms with van der Waals surface area (Å²) in [5, 5.41) is 4.99. The lowest BCUT2D eigenvalue weighted by Crippen LogP contribution is -2.42. The van der Waals surface area contributed by atoms with Gasteiger partial charge in [0.25, 0.3) is 0 Å². The van der Waals surface area contributed by atoms with Crippen molar-refractivity contribution < 1.29 is 14.4 Å². The van der Waals surface area contributed by atoms with Crippen molar-refractivity contribution in [2.75, 3.05) is 13.1 Å². The summed E-state index contributed by atoms with van der Waals surface area (Å²) in [6, 6.07) is 35.9. The van der Waals surface area contributed by atoms with E-state index in [0.717, 1.165) is 105 Å². The van der Waals surface area contributed by atoms with Crippen LogP contribution in [-0.4, -0.2) is 50.6 Å². The van der Waals surface area contributed by atoms with Crippen LogP contribution in [0.25, 0.3) is 32.0 Å². The smallest absolute Gasteiger partial charge is 0.250 e. The summed E-state index contributed by atoms with van der Waals surface area (Å²) in [4.78, 5) is 56.1. The van der Waals surface area contributed by atoms with Gasteiger partial charge in [-0.15, -0.1) is 22.7 Å². The van der Waals surface area contributed by atoms with Crippen molar-refractivity contribution in [3.05, 3.63) is 143 Å². The Morgan fingerprint density at radius 2 is 1.19 bits per heavy atom. The van der Waals surface area contributed by atoms with Gasteiger partial charge in [0, 0.05) is 31.9 Å². The Balaban J connectivity index is 0.911. The molecule has 8 rings (SSSR count). The number of aromatic nitrogens is 2. The summed E-state index contributed by atoms with van der Waals surface area (Å²) >= 11 is 3.32. The average Bonchev–Trinajstić information content (AvgIpc) is 4.11. The molecule has 6 aromatic rings. The zero-order chi connectivity index (χ0) is 39.8. The fourth-order valence-electron chi connectivity index (χ4n) is 8.15. The first-order chi connectivity index (χ1) is 28.4. The first-order valence-electron chi connectivity index (χ1n) is 20.6. The van der Waals surface area contributed by atoms with E-state index in [1.54, 1.807) is 22.7 Å². The van der Waals surface area contributed by atoms with Crippen LogP contribution in [-0.2, 0) is 20.8 Å². The van der Waals surface area contributed by atoms with E-state index in [1.165, 1.54) is 0 Å². The highest BCUT2D eigenvalue weighted by Crippen LogP contribution is 2.40. The lowest BCUT2D eigenvalue weighted by atomic mass is 10.0. The maximum atomic E-state index is 14.2. The third-order valence-corrected chi connectivity index (χ3v) is 13.6. The molecule has 2 aromatic heterocycles. The van der Waals surface area contributed by atoms with Gasteiger partial charge in [-0.3, -0.25) is 14.4 Å². The number of rotatable bonds is 14. The number of carbonyl (C=O) groups is 3. The fourth-order valence-corrected chi connectivity index (χ4v) is 10.3. The Morgan fingerprint density at radius 1 is 0.672 bits per heavy atom. The summed E-state index contributed by atoms with van der Waals surface area (Å²) < 4.78 is 0. The van der Waals surface area contributed by atoms with Gasteiger partial charge in [0.15, 0.2) is 0 Å². The molecule has 0 radical (unpaired) electrons. The monoisotopic (exact) mass is 807 g/mol. The number of benzene rings is 4. The van der Waals surface area contributed by atoms with Crippen LogP contribution >= 0.6 is 22.7 Å². The molecule has 3 amide bonds. The molecule has 10 heteroatoms. The molecule has 8 nitrogen and oxygen atoms in total. The van der Waals surface area contributed by atoms with Gasteiger partial charge in [-0.05, 0) is 65.5 Å². The van der Waals surface area contributed by atoms with Crippen LogP contribution in [0.2, 0.25) is 0 Å². The van der Waals surface area contributed by atoms with Crippen molar-refractivity contribution in [1.82, 2.24) is 25.1 Å². The Kier molecular flexibility index (Phi) is 12.5. The minimum absolute atomic E-state index is 0.0353. The molecule has 2 aliphatic heterocycles. The first kappa shape index (κ1) is 39.4. The second kappa shape index (κ2) is 18.4. The Bertz CT molecular complexity index is 2310. The number of amides is 3. The highest BCUT2D eigenvalue weighted by molar-refractivity contribution is 7.15. The maximum absolute atomic E-state index is 14.2. The lowest BCUT2D eigenvalue weighted by Gasteiger charge is -2.28. The van der Waals surface area contributed by atoms with E-state index in [1.807, 2.05) is 82.9 Å². The molecule has 2 aliphatic rings. The Labute approximate surface area is 349 Å². The summed E-state index contributed by atoms with van der Waals surface area (Å²) in [5.74, 6) is 0.00108. The standard InChI is InChI=1S/C48H49N5O3S2/c1-2-3-6-19-43(54)51-45(38-15-9-5-10-16-38)48(56)53-29-12-18-40(53)47-50-32-42(58-47)37-26-22-35(23-27-37)34-20-24-36(25-21-34)41-31-49-46(57-41)39-17-11-28-52(39)44(55)30-33-13-7-4-8-14-33/h4-5,7-10,13-16,20-27,31-32,39-40,45H,2-3,6,11-12,17-19,28-30H2,1H3,(H,51,54)/t39-,40-,45-/m0/s1. The molecule has 0 bridgehead atoms. The van der Waals surface area contributed by atoms with Crippen LogP contribution in [0.1, 0.15) is 97.6 Å². The molecular formula is C48H49N5O3S2. The topological polar surface area (TPSA) is 95.5 Å². The molecule has 4 heterocycles. The van der Waals surface area contributed by atoms with Gasteiger partial charge in [0.2, 0.25) is 17.7 Å². The van der Waals surface area contributed by atoms with Gasteiger partial charge >= 0.3 is 0 Å². The summed E-state index contributed by atoms with van der Waals surface area (Å²) in [7, 11) is 0. The van der Waals surface area contributed by atoms with Crippen molar-refractivity contribution in [3.8, 4) is 32.0 Å². The van der Waals surface area contributed by atoms with Crippen LogP contribution in [0.15, 0.2) is 122 Å². The van der Waals surface area contributed by atoms with Gasteiger partial charge in [0.05, 0.1) is 28.3 Å². The van der Waals surface area contributed by atoms with Crippen LogP contribution in [0.3, 0.4) is 0 Å². The maximum Gasteiger partial charge on any atom is 0.250 e. The third-order valence-electron chi connectivity index (χ3n) is 11.3. The summed E-state index contributed by atoms with van der Waals surface area (Å²) in [5.41, 5.74) is 6.30. The minimum atomic E-state index is -0.721. The van der Waals surface area contributed by atoms with Crippen molar-refractivity contribution >= 4 is 40.4 Å². The van der Waals surface area contributed by atoms with Gasteiger partial charge in [0.1, 0.15) is 16.1 Å². The van der Waals surface area contributed by atoms with Crippen molar-refractivity contribution in [3.63, 3.8) is 0 Å². The van der Waals surface area contributed by atoms with E-state index in [0.29, 0.717) is 19.4 Å². The van der Waals surface area contributed by atoms with Crippen molar-refractivity contribution in [2.45, 2.75) is 82.8 Å². The molecular weight excluding hydrogens is 759 g/mol. The molecule has 4 aromatic carbocycles. The zero-order valence-corrected chi connectivity index (χ0v) is 34.5. The van der Waals surface area contributed by atoms with Crippen LogP contribution in [0.5, 0.6) is 0 Å². The number of hydrogen-bond acceptors (Lipinski definition) is 7. The van der Waals surface area contributed by atoms with E-state index < -0.39 is 6.04 Å². The van der Waals surface area contributed by atoms with Crippen LogP contribution < -0.4 is 5.32 Å². The molecule has 0 unspecified atom stereocenters. The molecule has 3 atom stereocenters. The van der Waals surface area contributed by atoms with Gasteiger partial charge in [-0.1, -0.05) is 129 Å². The number of unbranched alkanes of at least 4 members (excludes halogenated alkanes) is 2. The van der Waals surface area contributed by atoms with E-state index >= 15 is 0 Å². The summed E-state index contributed by atoms with van der Waals surface area (Å²) in [6.07, 6.45) is 11.2. The van der Waals surface area contributed by atoms with Crippen molar-refractivity contribution in [1.29, 1.82) is 0 Å².